The molecule has 0 spiro atoms. The highest BCUT2D eigenvalue weighted by molar-refractivity contribution is 7.99. The predicted octanol–water partition coefficient (Wildman–Crippen LogP) is 5.41. The van der Waals surface area contributed by atoms with Crippen LogP contribution in [0.25, 0.3) is 5.69 Å². The molecule has 0 unspecified atom stereocenters. The van der Waals surface area contributed by atoms with Crippen LogP contribution >= 0.6 is 11.8 Å². The third-order valence-electron chi connectivity index (χ3n) is 4.48. The van der Waals surface area contributed by atoms with E-state index < -0.39 is 0 Å². The van der Waals surface area contributed by atoms with E-state index in [0.29, 0.717) is 11.1 Å². The van der Waals surface area contributed by atoms with E-state index in [2.05, 4.69) is 37.3 Å². The molecule has 29 heavy (non-hydrogen) atoms. The largest absolute Gasteiger partial charge is 0.304 e. The summed E-state index contributed by atoms with van der Waals surface area (Å²) in [7, 11) is 0. The average Bonchev–Trinajstić information content (AvgIpc) is 3.05. The molecule has 3 rings (SSSR count). The zero-order valence-electron chi connectivity index (χ0n) is 17.1. The van der Waals surface area contributed by atoms with Crippen molar-refractivity contribution in [3.8, 4) is 11.8 Å². The van der Waals surface area contributed by atoms with Gasteiger partial charge in [0.2, 0.25) is 0 Å². The van der Waals surface area contributed by atoms with E-state index in [4.69, 9.17) is 0 Å². The van der Waals surface area contributed by atoms with E-state index in [1.807, 2.05) is 49.4 Å². The predicted molar refractivity (Wildman–Crippen MR) is 118 cm³/mol. The van der Waals surface area contributed by atoms with Gasteiger partial charge in [-0.2, -0.15) is 5.26 Å². The summed E-state index contributed by atoms with van der Waals surface area (Å²) in [6.07, 6.45) is 0. The Labute approximate surface area is 175 Å². The number of aromatic nitrogens is 2. The summed E-state index contributed by atoms with van der Waals surface area (Å²) in [5.41, 5.74) is 2.92. The Morgan fingerprint density at radius 3 is 2.34 bits per heavy atom. The van der Waals surface area contributed by atoms with Crippen LogP contribution in [-0.2, 0) is 5.41 Å². The van der Waals surface area contributed by atoms with Crippen molar-refractivity contribution in [1.82, 2.24) is 9.78 Å². The molecule has 0 saturated heterocycles. The quantitative estimate of drug-likeness (QED) is 0.578. The SMILES string of the molecule is CCSc1c(C#N)c(NC(=O)c2ccc(C(C)(C)C)cc2)nn1-c1ccccc1. The molecule has 1 aromatic heterocycles. The molecule has 0 atom stereocenters. The van der Waals surface area contributed by atoms with E-state index in [1.165, 1.54) is 11.8 Å². The van der Waals surface area contributed by atoms with E-state index in [1.54, 1.807) is 16.8 Å². The normalized spacial score (nSPS) is 11.1. The Kier molecular flexibility index (Phi) is 6.09. The van der Waals surface area contributed by atoms with Gasteiger partial charge in [-0.3, -0.25) is 4.79 Å². The van der Waals surface area contributed by atoms with Crippen LogP contribution in [0.5, 0.6) is 0 Å². The fourth-order valence-electron chi connectivity index (χ4n) is 2.91. The molecule has 2 aromatic carbocycles. The number of carbonyl (C=O) groups is 1. The first-order chi connectivity index (χ1) is 13.8. The van der Waals surface area contributed by atoms with E-state index in [9.17, 15) is 10.1 Å². The lowest BCUT2D eigenvalue weighted by Gasteiger charge is -2.18. The Morgan fingerprint density at radius 2 is 1.79 bits per heavy atom. The summed E-state index contributed by atoms with van der Waals surface area (Å²) in [5, 5.41) is 17.8. The average molecular weight is 405 g/mol. The second-order valence-corrected chi connectivity index (χ2v) is 8.86. The molecular weight excluding hydrogens is 380 g/mol. The number of nitrogens with zero attached hydrogens (tertiary/aromatic N) is 3. The van der Waals surface area contributed by atoms with E-state index in [0.717, 1.165) is 22.0 Å². The Morgan fingerprint density at radius 1 is 1.14 bits per heavy atom. The second kappa shape index (κ2) is 8.54. The summed E-state index contributed by atoms with van der Waals surface area (Å²) in [6.45, 7) is 8.41. The molecule has 148 valence electrons. The maximum absolute atomic E-state index is 12.8. The molecule has 3 aromatic rings. The number of hydrogen-bond acceptors (Lipinski definition) is 4. The van der Waals surface area contributed by atoms with E-state index >= 15 is 0 Å². The van der Waals surface area contributed by atoms with Crippen LogP contribution in [-0.4, -0.2) is 21.4 Å². The van der Waals surface area contributed by atoms with Gasteiger partial charge in [-0.1, -0.05) is 58.0 Å². The topological polar surface area (TPSA) is 70.7 Å². The number of rotatable bonds is 5. The van der Waals surface area contributed by atoms with Gasteiger partial charge >= 0.3 is 0 Å². The highest BCUT2D eigenvalue weighted by atomic mass is 32.2. The van der Waals surface area contributed by atoms with Crippen molar-refractivity contribution in [2.24, 2.45) is 0 Å². The molecule has 0 bridgehead atoms. The minimum Gasteiger partial charge on any atom is -0.304 e. The highest BCUT2D eigenvalue weighted by Crippen LogP contribution is 2.31. The van der Waals surface area contributed by atoms with Crippen molar-refractivity contribution in [3.63, 3.8) is 0 Å². The van der Waals surface area contributed by atoms with Crippen LogP contribution in [0.3, 0.4) is 0 Å². The molecular formula is C23H24N4OS. The summed E-state index contributed by atoms with van der Waals surface area (Å²) in [6, 6.07) is 19.3. The number of amides is 1. The van der Waals surface area contributed by atoms with Crippen molar-refractivity contribution in [3.05, 3.63) is 71.3 Å². The lowest BCUT2D eigenvalue weighted by Crippen LogP contribution is -2.15. The van der Waals surface area contributed by atoms with Crippen LogP contribution in [0, 0.1) is 11.3 Å². The molecule has 1 amide bonds. The minimum atomic E-state index is -0.285. The number of anilines is 1. The van der Waals surface area contributed by atoms with Gasteiger partial charge in [0.15, 0.2) is 5.82 Å². The Balaban J connectivity index is 1.94. The number of nitriles is 1. The van der Waals surface area contributed by atoms with Crippen LogP contribution in [0.15, 0.2) is 59.6 Å². The van der Waals surface area contributed by atoms with Crippen LogP contribution in [0.4, 0.5) is 5.82 Å². The number of nitrogens with one attached hydrogen (secondary N) is 1. The summed E-state index contributed by atoms with van der Waals surface area (Å²) in [4.78, 5) is 12.8. The monoisotopic (exact) mass is 404 g/mol. The second-order valence-electron chi connectivity index (χ2n) is 7.60. The van der Waals surface area contributed by atoms with Crippen molar-refractivity contribution in [1.29, 1.82) is 5.26 Å². The number of carbonyl (C=O) groups excluding carboxylic acids is 1. The third kappa shape index (κ3) is 4.52. The van der Waals surface area contributed by atoms with Crippen molar-refractivity contribution in [2.45, 2.75) is 38.1 Å². The van der Waals surface area contributed by atoms with Gasteiger partial charge in [-0.05, 0) is 41.0 Å². The maximum Gasteiger partial charge on any atom is 0.256 e. The molecule has 5 nitrogen and oxygen atoms in total. The Bertz CT molecular complexity index is 1040. The number of thioether (sulfide) groups is 1. The summed E-state index contributed by atoms with van der Waals surface area (Å²) >= 11 is 1.52. The van der Waals surface area contributed by atoms with Gasteiger partial charge in [-0.25, -0.2) is 4.68 Å². The fourth-order valence-corrected chi connectivity index (χ4v) is 3.74. The molecule has 0 radical (unpaired) electrons. The summed E-state index contributed by atoms with van der Waals surface area (Å²) < 4.78 is 1.71. The zero-order valence-corrected chi connectivity index (χ0v) is 17.9. The van der Waals surface area contributed by atoms with Crippen molar-refractivity contribution in [2.75, 3.05) is 11.1 Å². The van der Waals surface area contributed by atoms with Gasteiger partial charge in [0.1, 0.15) is 16.7 Å². The van der Waals surface area contributed by atoms with Crippen molar-refractivity contribution < 1.29 is 4.79 Å². The van der Waals surface area contributed by atoms with Crippen LogP contribution in [0.1, 0.15) is 49.2 Å². The molecule has 0 aliphatic heterocycles. The molecule has 1 N–H and O–H groups in total. The highest BCUT2D eigenvalue weighted by Gasteiger charge is 2.21. The molecule has 1 heterocycles. The number of para-hydroxylation sites is 1. The molecule has 6 heteroatoms. The van der Waals surface area contributed by atoms with Gasteiger partial charge in [0, 0.05) is 5.56 Å². The Hall–Kier alpha value is -3.04. The van der Waals surface area contributed by atoms with Crippen molar-refractivity contribution >= 4 is 23.5 Å². The van der Waals surface area contributed by atoms with Gasteiger partial charge in [0.05, 0.1) is 5.69 Å². The number of hydrogen-bond donors (Lipinski definition) is 1. The lowest BCUT2D eigenvalue weighted by molar-refractivity contribution is 0.102. The van der Waals surface area contributed by atoms with Crippen LogP contribution in [0.2, 0.25) is 0 Å². The standard InChI is InChI=1S/C23H24N4OS/c1-5-29-22-19(15-24)20(26-27(22)18-9-7-6-8-10-18)25-21(28)16-11-13-17(14-12-16)23(2,3)4/h6-14H,5H2,1-4H3,(H,25,26,28). The van der Waals surface area contributed by atoms with Gasteiger partial charge in [-0.15, -0.1) is 16.9 Å². The van der Waals surface area contributed by atoms with Crippen LogP contribution < -0.4 is 5.32 Å². The van der Waals surface area contributed by atoms with E-state index in [-0.39, 0.29) is 17.1 Å². The third-order valence-corrected chi connectivity index (χ3v) is 5.42. The molecule has 0 aliphatic rings. The smallest absolute Gasteiger partial charge is 0.256 e. The first-order valence-corrected chi connectivity index (χ1v) is 10.5. The number of benzene rings is 2. The first-order valence-electron chi connectivity index (χ1n) is 9.48. The first kappa shape index (κ1) is 20.7. The maximum atomic E-state index is 12.8. The fraction of sp³-hybridized carbons (Fsp3) is 0.261. The van der Waals surface area contributed by atoms with Gasteiger partial charge in [0.25, 0.3) is 5.91 Å². The summed E-state index contributed by atoms with van der Waals surface area (Å²) in [5.74, 6) is 0.777. The lowest BCUT2D eigenvalue weighted by atomic mass is 9.87. The van der Waals surface area contributed by atoms with Gasteiger partial charge < -0.3 is 5.32 Å². The minimum absolute atomic E-state index is 0.0176. The molecule has 0 fully saturated rings. The molecule has 0 aliphatic carbocycles. The zero-order chi connectivity index (χ0) is 21.0. The molecule has 0 saturated carbocycles.